The molecule has 0 aliphatic heterocycles. The summed E-state index contributed by atoms with van der Waals surface area (Å²) in [6.07, 6.45) is 0. The fourth-order valence-electron chi connectivity index (χ4n) is 6.04. The van der Waals surface area contributed by atoms with Crippen LogP contribution in [0.15, 0.2) is 52.9 Å². The van der Waals surface area contributed by atoms with Crippen molar-refractivity contribution >= 4 is 57.0 Å². The summed E-state index contributed by atoms with van der Waals surface area (Å²) in [5, 5.41) is 7.17. The first-order valence-corrected chi connectivity index (χ1v) is 16.6. The fourth-order valence-corrected chi connectivity index (χ4v) is 8.55. The number of hydrogen-bond donors (Lipinski definition) is 0. The highest BCUT2D eigenvalue weighted by Gasteiger charge is 2.25. The molecule has 3 aromatic carbocycles. The van der Waals surface area contributed by atoms with Gasteiger partial charge in [0.1, 0.15) is 11.4 Å². The maximum Gasteiger partial charge on any atom is 0.227 e. The number of hydrogen-bond acceptors (Lipinski definition) is 4. The first-order chi connectivity index (χ1) is 17.5. The molecule has 0 spiro atoms. The molecule has 0 unspecified atom stereocenters. The maximum atomic E-state index is 6.39. The molecule has 0 aliphatic carbocycles. The van der Waals surface area contributed by atoms with E-state index in [4.69, 9.17) is 14.4 Å². The Labute approximate surface area is 218 Å². The van der Waals surface area contributed by atoms with Crippen LogP contribution in [0.25, 0.3) is 55.0 Å². The highest BCUT2D eigenvalue weighted by Crippen LogP contribution is 2.39. The first-order valence-electron chi connectivity index (χ1n) is 13.1. The molecular formula is C32H33N3OSi. The van der Waals surface area contributed by atoms with Gasteiger partial charge in [-0.05, 0) is 56.0 Å². The Balaban J connectivity index is 1.77. The van der Waals surface area contributed by atoms with Crippen molar-refractivity contribution in [3.05, 3.63) is 71.2 Å². The van der Waals surface area contributed by atoms with Crippen LogP contribution >= 0.6 is 0 Å². The van der Waals surface area contributed by atoms with Crippen molar-refractivity contribution in [2.24, 2.45) is 0 Å². The smallest absolute Gasteiger partial charge is 0.227 e. The van der Waals surface area contributed by atoms with Crippen LogP contribution in [-0.4, -0.2) is 23.0 Å². The molecule has 0 bridgehead atoms. The zero-order chi connectivity index (χ0) is 26.2. The van der Waals surface area contributed by atoms with Gasteiger partial charge in [-0.2, -0.15) is 0 Å². The van der Waals surface area contributed by atoms with E-state index in [-0.39, 0.29) is 5.92 Å². The lowest BCUT2D eigenvalue weighted by Crippen LogP contribution is -2.41. The summed E-state index contributed by atoms with van der Waals surface area (Å²) in [5.74, 6) is 1.05. The topological polar surface area (TPSA) is 51.8 Å². The molecule has 6 rings (SSSR count). The first kappa shape index (κ1) is 23.8. The Kier molecular flexibility index (Phi) is 5.29. The van der Waals surface area contributed by atoms with Crippen molar-refractivity contribution < 1.29 is 4.42 Å². The summed E-state index contributed by atoms with van der Waals surface area (Å²) < 4.78 is 6.39. The van der Waals surface area contributed by atoms with E-state index in [9.17, 15) is 0 Å². The van der Waals surface area contributed by atoms with E-state index < -0.39 is 8.07 Å². The van der Waals surface area contributed by atoms with Gasteiger partial charge in [0.2, 0.25) is 5.71 Å². The van der Waals surface area contributed by atoms with Gasteiger partial charge in [-0.15, -0.1) is 0 Å². The molecule has 4 nitrogen and oxygen atoms in total. The van der Waals surface area contributed by atoms with Gasteiger partial charge in [-0.25, -0.2) is 15.0 Å². The number of aryl methyl sites for hydroxylation is 3. The average molecular weight is 504 g/mol. The van der Waals surface area contributed by atoms with Crippen LogP contribution in [0.1, 0.15) is 42.4 Å². The van der Waals surface area contributed by atoms with E-state index in [2.05, 4.69) is 94.8 Å². The number of para-hydroxylation sites is 1. The fraction of sp³-hybridized carbons (Fsp3) is 0.281. The predicted molar refractivity (Wildman–Crippen MR) is 159 cm³/mol. The molecule has 186 valence electrons. The van der Waals surface area contributed by atoms with Crippen molar-refractivity contribution in [2.45, 2.75) is 60.2 Å². The van der Waals surface area contributed by atoms with Crippen LogP contribution in [0.3, 0.4) is 0 Å². The second-order valence-corrected chi connectivity index (χ2v) is 16.7. The SMILES string of the molecule is Cc1ccc2c(n1)oc1c(-c3nc(C(C)C)nc4c3ccc3cc(C)c([Si](C)(C)C)c(C)c34)cccc12. The minimum atomic E-state index is -1.57. The molecule has 3 aromatic heterocycles. The van der Waals surface area contributed by atoms with Crippen molar-refractivity contribution in [1.82, 2.24) is 15.0 Å². The molecule has 37 heavy (non-hydrogen) atoms. The number of fused-ring (bicyclic) bond motifs is 6. The maximum absolute atomic E-state index is 6.39. The van der Waals surface area contributed by atoms with Crippen LogP contribution in [0, 0.1) is 20.8 Å². The van der Waals surface area contributed by atoms with E-state index in [1.807, 2.05) is 13.0 Å². The van der Waals surface area contributed by atoms with Gasteiger partial charge >= 0.3 is 0 Å². The summed E-state index contributed by atoms with van der Waals surface area (Å²) >= 11 is 0. The molecule has 0 fully saturated rings. The van der Waals surface area contributed by atoms with Crippen LogP contribution in [0.2, 0.25) is 19.6 Å². The molecule has 0 N–H and O–H groups in total. The Morgan fingerprint density at radius 1 is 0.811 bits per heavy atom. The number of aromatic nitrogens is 3. The number of rotatable bonds is 3. The Hall–Kier alpha value is -3.57. The summed E-state index contributed by atoms with van der Waals surface area (Å²) in [4.78, 5) is 15.0. The molecule has 0 saturated carbocycles. The minimum absolute atomic E-state index is 0.194. The zero-order valence-electron chi connectivity index (χ0n) is 22.9. The monoisotopic (exact) mass is 503 g/mol. The standard InChI is InChI=1S/C32H33N3OSi/c1-17(2)31-34-27(25-11-9-10-22-23-14-12-19(4)33-32(23)36-29(22)25)24-15-13-21-16-18(3)30(37(6,7)8)20(5)26(21)28(24)35-31/h9-17H,1-8H3. The molecule has 5 heteroatoms. The summed E-state index contributed by atoms with van der Waals surface area (Å²) in [5.41, 5.74) is 8.12. The van der Waals surface area contributed by atoms with Gasteiger partial charge in [0.25, 0.3) is 0 Å². The van der Waals surface area contributed by atoms with E-state index in [1.165, 1.54) is 27.1 Å². The third-order valence-electron chi connectivity index (χ3n) is 7.46. The predicted octanol–water partition coefficient (Wildman–Crippen LogP) is 8.34. The van der Waals surface area contributed by atoms with Crippen molar-refractivity contribution in [1.29, 1.82) is 0 Å². The van der Waals surface area contributed by atoms with E-state index in [1.54, 1.807) is 0 Å². The van der Waals surface area contributed by atoms with Gasteiger partial charge in [-0.3, -0.25) is 0 Å². The Bertz CT molecular complexity index is 1880. The number of nitrogens with zero attached hydrogens (tertiary/aromatic N) is 3. The van der Waals surface area contributed by atoms with Gasteiger partial charge in [0.15, 0.2) is 0 Å². The third kappa shape index (κ3) is 3.67. The lowest BCUT2D eigenvalue weighted by atomic mass is 9.96. The quantitative estimate of drug-likeness (QED) is 0.180. The van der Waals surface area contributed by atoms with Crippen LogP contribution in [0.5, 0.6) is 0 Å². The largest absolute Gasteiger partial charge is 0.437 e. The summed E-state index contributed by atoms with van der Waals surface area (Å²) in [6, 6.07) is 17.2. The van der Waals surface area contributed by atoms with E-state index in [0.29, 0.717) is 5.71 Å². The summed E-state index contributed by atoms with van der Waals surface area (Å²) in [6.45, 7) is 18.1. The Morgan fingerprint density at radius 3 is 2.30 bits per heavy atom. The number of furan rings is 1. The summed E-state index contributed by atoms with van der Waals surface area (Å²) in [7, 11) is -1.57. The van der Waals surface area contributed by atoms with Crippen LogP contribution in [-0.2, 0) is 0 Å². The zero-order valence-corrected chi connectivity index (χ0v) is 23.9. The van der Waals surface area contributed by atoms with Gasteiger partial charge in [0, 0.05) is 38.7 Å². The molecular weight excluding hydrogens is 470 g/mol. The Morgan fingerprint density at radius 2 is 1.57 bits per heavy atom. The highest BCUT2D eigenvalue weighted by molar-refractivity contribution is 6.89. The second kappa shape index (κ2) is 8.22. The molecule has 0 aliphatic rings. The van der Waals surface area contributed by atoms with E-state index >= 15 is 0 Å². The molecule has 0 radical (unpaired) electrons. The van der Waals surface area contributed by atoms with Crippen LogP contribution < -0.4 is 5.19 Å². The molecule has 0 saturated heterocycles. The van der Waals surface area contributed by atoms with Crippen molar-refractivity contribution in [3.63, 3.8) is 0 Å². The molecule has 0 atom stereocenters. The third-order valence-corrected chi connectivity index (χ3v) is 9.73. The molecule has 0 amide bonds. The van der Waals surface area contributed by atoms with Crippen molar-refractivity contribution in [2.75, 3.05) is 0 Å². The highest BCUT2D eigenvalue weighted by atomic mass is 28.3. The number of benzene rings is 3. The molecule has 6 aromatic rings. The average Bonchev–Trinajstić information content (AvgIpc) is 3.19. The molecule has 3 heterocycles. The van der Waals surface area contributed by atoms with Gasteiger partial charge in [0.05, 0.1) is 19.3 Å². The second-order valence-electron chi connectivity index (χ2n) is 11.7. The van der Waals surface area contributed by atoms with Crippen LogP contribution in [0.4, 0.5) is 0 Å². The van der Waals surface area contributed by atoms with Gasteiger partial charge in [-0.1, -0.05) is 68.5 Å². The van der Waals surface area contributed by atoms with E-state index in [0.717, 1.165) is 50.0 Å². The number of pyridine rings is 1. The minimum Gasteiger partial charge on any atom is -0.437 e. The van der Waals surface area contributed by atoms with Gasteiger partial charge < -0.3 is 4.42 Å². The van der Waals surface area contributed by atoms with Crippen molar-refractivity contribution in [3.8, 4) is 11.3 Å². The lowest BCUT2D eigenvalue weighted by Gasteiger charge is -2.24. The normalized spacial score (nSPS) is 12.6. The lowest BCUT2D eigenvalue weighted by molar-refractivity contribution is 0.653.